The number of anilines is 1. The Kier molecular flexibility index (Phi) is 10.7. The van der Waals surface area contributed by atoms with Crippen LogP contribution in [0.15, 0.2) is 42.5 Å². The molecule has 1 fully saturated rings. The van der Waals surface area contributed by atoms with Gasteiger partial charge in [-0.3, -0.25) is 13.9 Å². The number of nitrogens with one attached hydrogen (secondary N) is 1. The molecule has 0 aliphatic heterocycles. The van der Waals surface area contributed by atoms with Crippen LogP contribution in [0.5, 0.6) is 5.75 Å². The van der Waals surface area contributed by atoms with Crippen molar-refractivity contribution in [2.24, 2.45) is 0 Å². The van der Waals surface area contributed by atoms with Crippen LogP contribution < -0.4 is 14.4 Å². The first-order valence-corrected chi connectivity index (χ1v) is 15.4. The van der Waals surface area contributed by atoms with Crippen molar-refractivity contribution in [2.75, 3.05) is 23.7 Å². The zero-order valence-corrected chi connectivity index (χ0v) is 24.3. The van der Waals surface area contributed by atoms with E-state index in [1.807, 2.05) is 6.92 Å². The normalized spacial score (nSPS) is 14.7. The lowest BCUT2D eigenvalue weighted by Crippen LogP contribution is -2.53. The molecule has 0 bridgehead atoms. The number of para-hydroxylation sites is 2. The molecule has 0 spiro atoms. The van der Waals surface area contributed by atoms with Crippen LogP contribution in [0.1, 0.15) is 51.5 Å². The average molecular weight is 585 g/mol. The van der Waals surface area contributed by atoms with Gasteiger partial charge < -0.3 is 15.0 Å². The van der Waals surface area contributed by atoms with Gasteiger partial charge in [0.05, 0.1) is 28.6 Å². The van der Waals surface area contributed by atoms with E-state index in [9.17, 15) is 18.0 Å². The third-order valence-electron chi connectivity index (χ3n) is 6.54. The van der Waals surface area contributed by atoms with Crippen molar-refractivity contribution in [2.45, 2.75) is 64.6 Å². The van der Waals surface area contributed by atoms with Crippen LogP contribution in [0.25, 0.3) is 0 Å². The summed E-state index contributed by atoms with van der Waals surface area (Å²) in [7, 11) is -3.88. The van der Waals surface area contributed by atoms with Gasteiger partial charge in [-0.2, -0.15) is 0 Å². The first-order valence-electron chi connectivity index (χ1n) is 12.8. The summed E-state index contributed by atoms with van der Waals surface area (Å²) in [4.78, 5) is 28.7. The van der Waals surface area contributed by atoms with Gasteiger partial charge in [0.15, 0.2) is 0 Å². The molecule has 1 atom stereocenters. The van der Waals surface area contributed by atoms with E-state index in [2.05, 4.69) is 5.32 Å². The number of hydrogen-bond donors (Lipinski definition) is 1. The number of ether oxygens (including phenoxy) is 1. The van der Waals surface area contributed by atoms with Crippen molar-refractivity contribution in [3.8, 4) is 5.75 Å². The number of benzene rings is 2. The van der Waals surface area contributed by atoms with Gasteiger partial charge >= 0.3 is 0 Å². The van der Waals surface area contributed by atoms with E-state index in [4.69, 9.17) is 27.9 Å². The number of halogens is 2. The van der Waals surface area contributed by atoms with Gasteiger partial charge in [0.25, 0.3) is 0 Å². The molecule has 1 saturated carbocycles. The van der Waals surface area contributed by atoms with Crippen molar-refractivity contribution < 1.29 is 22.7 Å². The highest BCUT2D eigenvalue weighted by molar-refractivity contribution is 7.92. The molecule has 11 heteroatoms. The fraction of sp³-hybridized carbons (Fsp3) is 0.481. The molecule has 38 heavy (non-hydrogen) atoms. The van der Waals surface area contributed by atoms with Gasteiger partial charge in [0.1, 0.15) is 18.3 Å². The SMILES string of the molecule is CCOc1ccccc1N(CC(=O)N(Cc1ccc(Cl)c(Cl)c1)[C@H](CC)C(=O)NC1CCCC1)S(C)(=O)=O. The third-order valence-corrected chi connectivity index (χ3v) is 8.40. The van der Waals surface area contributed by atoms with Crippen LogP contribution in [-0.2, 0) is 26.2 Å². The molecule has 2 aromatic carbocycles. The molecular formula is C27H35Cl2N3O5S. The quantitative estimate of drug-likeness (QED) is 0.378. The van der Waals surface area contributed by atoms with Gasteiger partial charge in [0.2, 0.25) is 21.8 Å². The first kappa shape index (κ1) is 30.1. The number of carbonyl (C=O) groups excluding carboxylic acids is 2. The monoisotopic (exact) mass is 583 g/mol. The highest BCUT2D eigenvalue weighted by Gasteiger charge is 2.33. The zero-order chi connectivity index (χ0) is 27.9. The summed E-state index contributed by atoms with van der Waals surface area (Å²) in [6.07, 6.45) is 5.29. The summed E-state index contributed by atoms with van der Waals surface area (Å²) in [5.74, 6) is -0.440. The lowest BCUT2D eigenvalue weighted by atomic mass is 10.1. The number of rotatable bonds is 12. The van der Waals surface area contributed by atoms with E-state index in [1.54, 1.807) is 49.4 Å². The zero-order valence-electron chi connectivity index (χ0n) is 22.0. The summed E-state index contributed by atoms with van der Waals surface area (Å²) < 4.78 is 32.4. The summed E-state index contributed by atoms with van der Waals surface area (Å²) in [5, 5.41) is 3.77. The molecule has 0 saturated heterocycles. The molecular weight excluding hydrogens is 549 g/mol. The standard InChI is InChI=1S/C27H35Cl2N3O5S/c1-4-23(27(34)30-20-10-6-7-11-20)31(17-19-14-15-21(28)22(29)16-19)26(33)18-32(38(3,35)36)24-12-8-9-13-25(24)37-5-2/h8-9,12-16,20,23H,4-7,10-11,17-18H2,1-3H3,(H,30,34)/t23-/m1/s1. The van der Waals surface area contributed by atoms with Crippen LogP contribution in [0.3, 0.4) is 0 Å². The number of nitrogens with zero attached hydrogens (tertiary/aromatic N) is 2. The number of hydrogen-bond acceptors (Lipinski definition) is 5. The van der Waals surface area contributed by atoms with Gasteiger partial charge in [-0.25, -0.2) is 8.42 Å². The Bertz CT molecular complexity index is 1230. The number of carbonyl (C=O) groups is 2. The maximum atomic E-state index is 13.9. The van der Waals surface area contributed by atoms with Gasteiger partial charge in [-0.05, 0) is 56.0 Å². The van der Waals surface area contributed by atoms with Crippen LogP contribution in [0.2, 0.25) is 10.0 Å². The van der Waals surface area contributed by atoms with Gasteiger partial charge in [0, 0.05) is 12.6 Å². The molecule has 0 aromatic heterocycles. The van der Waals surface area contributed by atoms with E-state index in [0.717, 1.165) is 36.2 Å². The highest BCUT2D eigenvalue weighted by atomic mass is 35.5. The molecule has 1 aliphatic carbocycles. The molecule has 0 radical (unpaired) electrons. The van der Waals surface area contributed by atoms with Gasteiger partial charge in [-0.1, -0.05) is 61.2 Å². The second kappa shape index (κ2) is 13.5. The summed E-state index contributed by atoms with van der Waals surface area (Å²) in [6.45, 7) is 3.49. The minimum absolute atomic E-state index is 0.0526. The van der Waals surface area contributed by atoms with Gasteiger partial charge in [-0.15, -0.1) is 0 Å². The van der Waals surface area contributed by atoms with E-state index < -0.39 is 28.5 Å². The molecule has 2 aromatic rings. The predicted molar refractivity (Wildman–Crippen MR) is 151 cm³/mol. The van der Waals surface area contributed by atoms with Crippen molar-refractivity contribution in [3.63, 3.8) is 0 Å². The molecule has 0 unspecified atom stereocenters. The number of amides is 2. The highest BCUT2D eigenvalue weighted by Crippen LogP contribution is 2.30. The minimum Gasteiger partial charge on any atom is -0.492 e. The Labute approximate surface area is 235 Å². The van der Waals surface area contributed by atoms with Crippen molar-refractivity contribution in [3.05, 3.63) is 58.1 Å². The van der Waals surface area contributed by atoms with E-state index in [-0.39, 0.29) is 24.2 Å². The summed E-state index contributed by atoms with van der Waals surface area (Å²) >= 11 is 12.3. The number of sulfonamides is 1. The van der Waals surface area contributed by atoms with Crippen molar-refractivity contribution in [1.82, 2.24) is 10.2 Å². The summed E-state index contributed by atoms with van der Waals surface area (Å²) in [6, 6.07) is 10.9. The van der Waals surface area contributed by atoms with Crippen LogP contribution in [-0.4, -0.2) is 56.6 Å². The fourth-order valence-corrected chi connectivity index (χ4v) is 5.83. The molecule has 0 heterocycles. The summed E-state index contributed by atoms with van der Waals surface area (Å²) in [5.41, 5.74) is 0.920. The maximum Gasteiger partial charge on any atom is 0.244 e. The van der Waals surface area contributed by atoms with E-state index in [0.29, 0.717) is 34.4 Å². The molecule has 8 nitrogen and oxygen atoms in total. The largest absolute Gasteiger partial charge is 0.492 e. The Balaban J connectivity index is 1.97. The fourth-order valence-electron chi connectivity index (χ4n) is 4.66. The van der Waals surface area contributed by atoms with E-state index in [1.165, 1.54) is 4.90 Å². The lowest BCUT2D eigenvalue weighted by Gasteiger charge is -2.33. The Morgan fingerprint density at radius 2 is 1.76 bits per heavy atom. The van der Waals surface area contributed by atoms with Crippen molar-refractivity contribution >= 4 is 50.7 Å². The lowest BCUT2D eigenvalue weighted by molar-refractivity contribution is -0.140. The van der Waals surface area contributed by atoms with Crippen LogP contribution >= 0.6 is 23.2 Å². The topological polar surface area (TPSA) is 96.0 Å². The molecule has 208 valence electrons. The predicted octanol–water partition coefficient (Wildman–Crippen LogP) is 5.02. The molecule has 2 amide bonds. The van der Waals surface area contributed by atoms with Crippen molar-refractivity contribution in [1.29, 1.82) is 0 Å². The van der Waals surface area contributed by atoms with Crippen LogP contribution in [0, 0.1) is 0 Å². The second-order valence-corrected chi connectivity index (χ2v) is 12.1. The molecule has 1 N–H and O–H groups in total. The maximum absolute atomic E-state index is 13.9. The minimum atomic E-state index is -3.88. The third kappa shape index (κ3) is 7.77. The Morgan fingerprint density at radius 1 is 1.08 bits per heavy atom. The molecule has 3 rings (SSSR count). The second-order valence-electron chi connectivity index (χ2n) is 9.35. The first-order chi connectivity index (χ1) is 18.0. The Hall–Kier alpha value is -2.49. The average Bonchev–Trinajstić information content (AvgIpc) is 3.37. The van der Waals surface area contributed by atoms with E-state index >= 15 is 0 Å². The Morgan fingerprint density at radius 3 is 2.37 bits per heavy atom. The smallest absolute Gasteiger partial charge is 0.244 e. The van der Waals surface area contributed by atoms with Crippen LogP contribution in [0.4, 0.5) is 5.69 Å². The molecule has 1 aliphatic rings.